The van der Waals surface area contributed by atoms with Crippen LogP contribution in [0.3, 0.4) is 0 Å². The second-order valence-corrected chi connectivity index (χ2v) is 4.87. The molecular formula is C12H20ClN3. The van der Waals surface area contributed by atoms with Crippen molar-refractivity contribution >= 4 is 17.4 Å². The van der Waals surface area contributed by atoms with Crippen molar-refractivity contribution in [1.29, 1.82) is 0 Å². The van der Waals surface area contributed by atoms with Crippen LogP contribution in [0.5, 0.6) is 0 Å². The molecule has 0 N–H and O–H groups in total. The number of rotatable bonds is 4. The highest BCUT2D eigenvalue weighted by atomic mass is 35.5. The third-order valence-corrected chi connectivity index (χ3v) is 2.86. The third kappa shape index (κ3) is 3.35. The summed E-state index contributed by atoms with van der Waals surface area (Å²) in [6.45, 7) is 3.08. The molecule has 0 saturated carbocycles. The molecule has 1 aromatic heterocycles. The van der Waals surface area contributed by atoms with Gasteiger partial charge >= 0.3 is 0 Å². The Morgan fingerprint density at radius 1 is 1.25 bits per heavy atom. The van der Waals surface area contributed by atoms with E-state index in [0.717, 1.165) is 24.3 Å². The van der Waals surface area contributed by atoms with Gasteiger partial charge in [-0.15, -0.1) is 0 Å². The zero-order chi connectivity index (χ0) is 12.3. The quantitative estimate of drug-likeness (QED) is 0.754. The Kier molecular flexibility index (Phi) is 4.56. The van der Waals surface area contributed by atoms with Gasteiger partial charge in [0.15, 0.2) is 0 Å². The summed E-state index contributed by atoms with van der Waals surface area (Å²) in [5.74, 6) is 0.913. The number of anilines is 1. The molecule has 1 aromatic rings. The van der Waals surface area contributed by atoms with Crippen molar-refractivity contribution in [1.82, 2.24) is 9.88 Å². The zero-order valence-corrected chi connectivity index (χ0v) is 11.5. The molecule has 16 heavy (non-hydrogen) atoms. The van der Waals surface area contributed by atoms with Gasteiger partial charge < -0.3 is 9.80 Å². The molecular weight excluding hydrogens is 222 g/mol. The van der Waals surface area contributed by atoms with Gasteiger partial charge in [0.1, 0.15) is 11.0 Å². The SMILES string of the molecule is Cc1cc(N(C)C)nc(Cl)c1CCN(C)C. The number of nitrogens with zero attached hydrogens (tertiary/aromatic N) is 3. The van der Waals surface area contributed by atoms with Crippen molar-refractivity contribution in [2.24, 2.45) is 0 Å². The number of aryl methyl sites for hydroxylation is 1. The Bertz CT molecular complexity index is 338. The van der Waals surface area contributed by atoms with Crippen LogP contribution >= 0.6 is 11.6 Å². The summed E-state index contributed by atoms with van der Waals surface area (Å²) in [5.41, 5.74) is 2.37. The fourth-order valence-electron chi connectivity index (χ4n) is 1.51. The number of hydrogen-bond acceptors (Lipinski definition) is 3. The van der Waals surface area contributed by atoms with Gasteiger partial charge in [-0.2, -0.15) is 0 Å². The molecule has 90 valence electrons. The van der Waals surface area contributed by atoms with Gasteiger partial charge in [-0.1, -0.05) is 11.6 Å². The molecule has 4 heteroatoms. The van der Waals surface area contributed by atoms with Gasteiger partial charge in [-0.05, 0) is 44.6 Å². The van der Waals surface area contributed by atoms with Gasteiger partial charge in [-0.3, -0.25) is 0 Å². The fourth-order valence-corrected chi connectivity index (χ4v) is 1.84. The Morgan fingerprint density at radius 2 is 1.88 bits per heavy atom. The van der Waals surface area contributed by atoms with Gasteiger partial charge in [-0.25, -0.2) is 4.98 Å². The van der Waals surface area contributed by atoms with Crippen LogP contribution in [0.2, 0.25) is 5.15 Å². The van der Waals surface area contributed by atoms with Crippen molar-refractivity contribution in [2.75, 3.05) is 39.6 Å². The Labute approximate surface area is 103 Å². The molecule has 0 bridgehead atoms. The summed E-state index contributed by atoms with van der Waals surface area (Å²) in [7, 11) is 8.06. The van der Waals surface area contributed by atoms with Crippen LogP contribution in [-0.2, 0) is 6.42 Å². The van der Waals surface area contributed by atoms with Crippen molar-refractivity contribution in [3.05, 3.63) is 22.3 Å². The van der Waals surface area contributed by atoms with Crippen LogP contribution in [0.1, 0.15) is 11.1 Å². The molecule has 3 nitrogen and oxygen atoms in total. The monoisotopic (exact) mass is 241 g/mol. The van der Waals surface area contributed by atoms with E-state index >= 15 is 0 Å². The minimum Gasteiger partial charge on any atom is -0.363 e. The maximum atomic E-state index is 6.21. The lowest BCUT2D eigenvalue weighted by Gasteiger charge is -2.16. The number of hydrogen-bond donors (Lipinski definition) is 0. The molecule has 0 aliphatic carbocycles. The van der Waals surface area contributed by atoms with Gasteiger partial charge in [0.05, 0.1) is 0 Å². The highest BCUT2D eigenvalue weighted by Gasteiger charge is 2.09. The molecule has 0 radical (unpaired) electrons. The van der Waals surface area contributed by atoms with Gasteiger partial charge in [0.2, 0.25) is 0 Å². The Hall–Kier alpha value is -0.800. The zero-order valence-electron chi connectivity index (χ0n) is 10.7. The van der Waals surface area contributed by atoms with E-state index in [1.54, 1.807) is 0 Å². The summed E-state index contributed by atoms with van der Waals surface area (Å²) in [6.07, 6.45) is 0.943. The number of pyridine rings is 1. The second kappa shape index (κ2) is 5.51. The van der Waals surface area contributed by atoms with Crippen LogP contribution in [0, 0.1) is 6.92 Å². The van der Waals surface area contributed by atoms with Gasteiger partial charge in [0.25, 0.3) is 0 Å². The largest absolute Gasteiger partial charge is 0.363 e. The topological polar surface area (TPSA) is 19.4 Å². The van der Waals surface area contributed by atoms with E-state index < -0.39 is 0 Å². The molecule has 0 spiro atoms. The highest BCUT2D eigenvalue weighted by Crippen LogP contribution is 2.22. The van der Waals surface area contributed by atoms with Crippen molar-refractivity contribution in [3.8, 4) is 0 Å². The maximum Gasteiger partial charge on any atom is 0.134 e. The third-order valence-electron chi connectivity index (χ3n) is 2.55. The highest BCUT2D eigenvalue weighted by molar-refractivity contribution is 6.30. The molecule has 0 aliphatic heterocycles. The van der Waals surface area contributed by atoms with Gasteiger partial charge in [0, 0.05) is 20.6 Å². The molecule has 0 fully saturated rings. The summed E-state index contributed by atoms with van der Waals surface area (Å²) >= 11 is 6.21. The first-order valence-electron chi connectivity index (χ1n) is 5.40. The number of halogens is 1. The summed E-state index contributed by atoms with van der Waals surface area (Å²) in [4.78, 5) is 8.50. The minimum atomic E-state index is 0.630. The molecule has 0 atom stereocenters. The minimum absolute atomic E-state index is 0.630. The summed E-state index contributed by atoms with van der Waals surface area (Å²) in [6, 6.07) is 2.08. The van der Waals surface area contributed by atoms with E-state index in [9.17, 15) is 0 Å². The Morgan fingerprint density at radius 3 is 2.31 bits per heavy atom. The average Bonchev–Trinajstić information content (AvgIpc) is 2.15. The van der Waals surface area contributed by atoms with Crippen LogP contribution in [0.15, 0.2) is 6.07 Å². The lowest BCUT2D eigenvalue weighted by molar-refractivity contribution is 0.413. The van der Waals surface area contributed by atoms with Crippen LogP contribution in [-0.4, -0.2) is 44.6 Å². The molecule has 0 aromatic carbocycles. The Balaban J connectivity index is 2.94. The maximum absolute atomic E-state index is 6.21. The van der Waals surface area contributed by atoms with Crippen LogP contribution in [0.4, 0.5) is 5.82 Å². The van der Waals surface area contributed by atoms with Crippen molar-refractivity contribution in [3.63, 3.8) is 0 Å². The molecule has 1 rings (SSSR count). The summed E-state index contributed by atoms with van der Waals surface area (Å²) < 4.78 is 0. The normalized spacial score (nSPS) is 10.9. The van der Waals surface area contributed by atoms with Crippen LogP contribution < -0.4 is 4.90 Å². The first-order valence-corrected chi connectivity index (χ1v) is 5.77. The lowest BCUT2D eigenvalue weighted by Crippen LogP contribution is -2.17. The molecule has 1 heterocycles. The van der Waals surface area contributed by atoms with Crippen molar-refractivity contribution in [2.45, 2.75) is 13.3 Å². The molecule has 0 aliphatic rings. The predicted molar refractivity (Wildman–Crippen MR) is 70.6 cm³/mol. The van der Waals surface area contributed by atoms with E-state index in [1.807, 2.05) is 19.0 Å². The smallest absolute Gasteiger partial charge is 0.134 e. The predicted octanol–water partition coefficient (Wildman–Crippen LogP) is 2.21. The lowest BCUT2D eigenvalue weighted by atomic mass is 10.1. The second-order valence-electron chi connectivity index (χ2n) is 4.51. The van der Waals surface area contributed by atoms with E-state index in [2.05, 4.69) is 37.0 Å². The first kappa shape index (κ1) is 13.3. The van der Waals surface area contributed by atoms with E-state index in [-0.39, 0.29) is 0 Å². The first-order chi connectivity index (χ1) is 7.41. The average molecular weight is 242 g/mol. The van der Waals surface area contributed by atoms with Crippen molar-refractivity contribution < 1.29 is 0 Å². The molecule has 0 unspecified atom stereocenters. The fraction of sp³-hybridized carbons (Fsp3) is 0.583. The molecule has 0 saturated heterocycles. The summed E-state index contributed by atoms with van der Waals surface area (Å²) in [5, 5.41) is 0.630. The standard InChI is InChI=1S/C12H20ClN3/c1-9-8-11(16(4)5)14-12(13)10(9)6-7-15(2)3/h8H,6-7H2,1-5H3. The number of likely N-dealkylation sites (N-methyl/N-ethyl adjacent to an activating group) is 1. The van der Waals surface area contributed by atoms with Crippen LogP contribution in [0.25, 0.3) is 0 Å². The number of aromatic nitrogens is 1. The van der Waals surface area contributed by atoms with E-state index in [1.165, 1.54) is 5.56 Å². The van der Waals surface area contributed by atoms with E-state index in [0.29, 0.717) is 5.15 Å². The molecule has 0 amide bonds. The van der Waals surface area contributed by atoms with E-state index in [4.69, 9.17) is 11.6 Å².